The zero-order chi connectivity index (χ0) is 11.4. The van der Waals surface area contributed by atoms with Crippen molar-refractivity contribution >= 4 is 17.2 Å². The van der Waals surface area contributed by atoms with E-state index in [0.29, 0.717) is 6.42 Å². The predicted octanol–water partition coefficient (Wildman–Crippen LogP) is 1.66. The summed E-state index contributed by atoms with van der Waals surface area (Å²) in [5.74, 6) is 0.185. The third-order valence-electron chi connectivity index (χ3n) is 3.07. The molecular formula is C12H17NO2S. The molecule has 0 spiro atoms. The van der Waals surface area contributed by atoms with Crippen molar-refractivity contribution in [2.24, 2.45) is 0 Å². The molecule has 1 N–H and O–H groups in total. The van der Waals surface area contributed by atoms with Crippen LogP contribution in [0.15, 0.2) is 17.5 Å². The van der Waals surface area contributed by atoms with E-state index in [2.05, 4.69) is 6.07 Å². The van der Waals surface area contributed by atoms with Gasteiger partial charge >= 0.3 is 0 Å². The normalized spacial score (nSPS) is 20.3. The molecule has 0 unspecified atom stereocenters. The van der Waals surface area contributed by atoms with Crippen molar-refractivity contribution in [3.63, 3.8) is 0 Å². The fourth-order valence-corrected chi connectivity index (χ4v) is 2.89. The molecule has 3 nitrogen and oxygen atoms in total. The van der Waals surface area contributed by atoms with Crippen molar-refractivity contribution in [1.29, 1.82) is 0 Å². The molecule has 1 aromatic rings. The van der Waals surface area contributed by atoms with Gasteiger partial charge in [-0.1, -0.05) is 6.07 Å². The first-order valence-corrected chi connectivity index (χ1v) is 6.62. The van der Waals surface area contributed by atoms with Crippen molar-refractivity contribution in [2.75, 3.05) is 13.2 Å². The Morgan fingerprint density at radius 3 is 3.19 bits per heavy atom. The van der Waals surface area contributed by atoms with Gasteiger partial charge in [0, 0.05) is 17.8 Å². The largest absolute Gasteiger partial charge is 0.394 e. The zero-order valence-corrected chi connectivity index (χ0v) is 10.1. The summed E-state index contributed by atoms with van der Waals surface area (Å²) >= 11 is 1.69. The van der Waals surface area contributed by atoms with Gasteiger partial charge in [0.25, 0.3) is 0 Å². The van der Waals surface area contributed by atoms with E-state index in [1.807, 2.05) is 16.3 Å². The van der Waals surface area contributed by atoms with Gasteiger partial charge in [-0.05, 0) is 30.7 Å². The first-order chi connectivity index (χ1) is 7.81. The molecule has 1 saturated heterocycles. The Kier molecular flexibility index (Phi) is 3.96. The molecule has 88 valence electrons. The molecule has 1 aliphatic rings. The smallest absolute Gasteiger partial charge is 0.223 e. The van der Waals surface area contributed by atoms with Gasteiger partial charge < -0.3 is 10.0 Å². The number of thiophene rings is 1. The fraction of sp³-hybridized carbons (Fsp3) is 0.583. The summed E-state index contributed by atoms with van der Waals surface area (Å²) in [7, 11) is 0. The van der Waals surface area contributed by atoms with Gasteiger partial charge in [0.05, 0.1) is 12.6 Å². The quantitative estimate of drug-likeness (QED) is 0.868. The number of nitrogens with zero attached hydrogens (tertiary/aromatic N) is 1. The molecule has 2 heterocycles. The summed E-state index contributed by atoms with van der Waals surface area (Å²) in [6.45, 7) is 0.916. The maximum atomic E-state index is 11.9. The summed E-state index contributed by atoms with van der Waals surface area (Å²) in [6, 6.07) is 4.14. The summed E-state index contributed by atoms with van der Waals surface area (Å²) < 4.78 is 0. The third-order valence-corrected chi connectivity index (χ3v) is 4.01. The lowest BCUT2D eigenvalue weighted by molar-refractivity contribution is -0.132. The van der Waals surface area contributed by atoms with Crippen LogP contribution in [0.4, 0.5) is 0 Å². The van der Waals surface area contributed by atoms with Crippen LogP contribution in [0.5, 0.6) is 0 Å². The monoisotopic (exact) mass is 239 g/mol. The van der Waals surface area contributed by atoms with Gasteiger partial charge in [-0.3, -0.25) is 4.79 Å². The first kappa shape index (κ1) is 11.6. The highest BCUT2D eigenvalue weighted by Crippen LogP contribution is 2.19. The Morgan fingerprint density at radius 2 is 2.50 bits per heavy atom. The van der Waals surface area contributed by atoms with Crippen molar-refractivity contribution in [3.05, 3.63) is 22.4 Å². The fourth-order valence-electron chi connectivity index (χ4n) is 2.18. The number of likely N-dealkylation sites (tertiary alicyclic amines) is 1. The molecule has 1 atom stereocenters. The van der Waals surface area contributed by atoms with Gasteiger partial charge in [0.1, 0.15) is 0 Å². The molecule has 4 heteroatoms. The number of aliphatic hydroxyl groups is 1. The Bertz CT molecular complexity index is 337. The number of aryl methyl sites for hydroxylation is 1. The van der Waals surface area contributed by atoms with Crippen LogP contribution < -0.4 is 0 Å². The molecule has 0 aromatic carbocycles. The Balaban J connectivity index is 1.83. The number of rotatable bonds is 4. The number of amides is 1. The topological polar surface area (TPSA) is 40.5 Å². The Labute approximate surface area is 99.7 Å². The molecule has 0 bridgehead atoms. The maximum Gasteiger partial charge on any atom is 0.223 e. The molecule has 1 amide bonds. The molecule has 1 aromatic heterocycles. The summed E-state index contributed by atoms with van der Waals surface area (Å²) in [4.78, 5) is 15.0. The number of hydrogen-bond donors (Lipinski definition) is 1. The maximum absolute atomic E-state index is 11.9. The molecule has 0 saturated carbocycles. The lowest BCUT2D eigenvalue weighted by atomic mass is 10.2. The van der Waals surface area contributed by atoms with E-state index in [4.69, 9.17) is 5.11 Å². The summed E-state index contributed by atoms with van der Waals surface area (Å²) in [6.07, 6.45) is 3.36. The highest BCUT2D eigenvalue weighted by Gasteiger charge is 2.27. The molecule has 1 aliphatic heterocycles. The lowest BCUT2D eigenvalue weighted by Crippen LogP contribution is -2.37. The number of carbonyl (C=O) groups excluding carboxylic acids is 1. The highest BCUT2D eigenvalue weighted by molar-refractivity contribution is 7.09. The molecular weight excluding hydrogens is 222 g/mol. The van der Waals surface area contributed by atoms with E-state index in [-0.39, 0.29) is 18.6 Å². The second kappa shape index (κ2) is 5.46. The van der Waals surface area contributed by atoms with Crippen molar-refractivity contribution in [3.8, 4) is 0 Å². The SMILES string of the molecule is O=C(CCc1cccs1)N1CCC[C@@H]1CO. The first-order valence-electron chi connectivity index (χ1n) is 5.74. The van der Waals surface area contributed by atoms with Gasteiger partial charge in [-0.25, -0.2) is 0 Å². The Hall–Kier alpha value is -0.870. The minimum atomic E-state index is 0.0656. The standard InChI is InChI=1S/C12H17NO2S/c14-9-10-3-1-7-13(10)12(15)6-5-11-4-2-8-16-11/h2,4,8,10,14H,1,3,5-7,9H2/t10-/m1/s1. The van der Waals surface area contributed by atoms with Crippen molar-refractivity contribution < 1.29 is 9.90 Å². The van der Waals surface area contributed by atoms with Gasteiger partial charge in [-0.2, -0.15) is 0 Å². The highest BCUT2D eigenvalue weighted by atomic mass is 32.1. The average molecular weight is 239 g/mol. The molecule has 0 radical (unpaired) electrons. The van der Waals surface area contributed by atoms with E-state index in [1.54, 1.807) is 11.3 Å². The summed E-state index contributed by atoms with van der Waals surface area (Å²) in [5.41, 5.74) is 0. The van der Waals surface area contributed by atoms with E-state index < -0.39 is 0 Å². The number of aliphatic hydroxyl groups excluding tert-OH is 1. The predicted molar refractivity (Wildman–Crippen MR) is 64.5 cm³/mol. The van der Waals surface area contributed by atoms with Gasteiger partial charge in [0.2, 0.25) is 5.91 Å². The van der Waals surface area contributed by atoms with Crippen LogP contribution in [0.2, 0.25) is 0 Å². The second-order valence-corrected chi connectivity index (χ2v) is 5.18. The van der Waals surface area contributed by atoms with Crippen molar-refractivity contribution in [2.45, 2.75) is 31.7 Å². The zero-order valence-electron chi connectivity index (χ0n) is 9.26. The summed E-state index contributed by atoms with van der Waals surface area (Å²) in [5, 5.41) is 11.2. The van der Waals surface area contributed by atoms with E-state index in [1.165, 1.54) is 4.88 Å². The van der Waals surface area contributed by atoms with Crippen molar-refractivity contribution in [1.82, 2.24) is 4.90 Å². The number of carbonyl (C=O) groups is 1. The van der Waals surface area contributed by atoms with Gasteiger partial charge in [0.15, 0.2) is 0 Å². The van der Waals surface area contributed by atoms with Crippen LogP contribution in [0, 0.1) is 0 Å². The average Bonchev–Trinajstić information content (AvgIpc) is 2.96. The van der Waals surface area contributed by atoms with E-state index >= 15 is 0 Å². The van der Waals surface area contributed by atoms with E-state index in [0.717, 1.165) is 25.8 Å². The van der Waals surface area contributed by atoms with Crippen LogP contribution >= 0.6 is 11.3 Å². The van der Waals surface area contributed by atoms with Crippen LogP contribution in [0.25, 0.3) is 0 Å². The number of hydrogen-bond acceptors (Lipinski definition) is 3. The minimum absolute atomic E-state index is 0.0656. The van der Waals surface area contributed by atoms with Crippen LogP contribution in [0.3, 0.4) is 0 Å². The molecule has 0 aliphatic carbocycles. The van der Waals surface area contributed by atoms with Gasteiger partial charge in [-0.15, -0.1) is 11.3 Å². The van der Waals surface area contributed by atoms with Crippen LogP contribution in [0.1, 0.15) is 24.1 Å². The second-order valence-electron chi connectivity index (χ2n) is 4.15. The lowest BCUT2D eigenvalue weighted by Gasteiger charge is -2.22. The molecule has 16 heavy (non-hydrogen) atoms. The Morgan fingerprint density at radius 1 is 1.62 bits per heavy atom. The van der Waals surface area contributed by atoms with Crippen LogP contribution in [-0.4, -0.2) is 35.1 Å². The third kappa shape index (κ3) is 2.62. The molecule has 1 fully saturated rings. The van der Waals surface area contributed by atoms with E-state index in [9.17, 15) is 4.79 Å². The molecule has 2 rings (SSSR count). The van der Waals surface area contributed by atoms with Crippen LogP contribution in [-0.2, 0) is 11.2 Å². The minimum Gasteiger partial charge on any atom is -0.394 e.